The monoisotopic (exact) mass is 338 g/mol. The van der Waals surface area contributed by atoms with E-state index in [0.717, 1.165) is 4.90 Å². The van der Waals surface area contributed by atoms with Crippen molar-refractivity contribution >= 4 is 23.3 Å². The van der Waals surface area contributed by atoms with E-state index < -0.39 is 23.3 Å². The van der Waals surface area contributed by atoms with Crippen molar-refractivity contribution in [3.8, 4) is 0 Å². The van der Waals surface area contributed by atoms with Gasteiger partial charge in [-0.1, -0.05) is 55.5 Å². The molecule has 2 aromatic carbocycles. The molecule has 0 spiro atoms. The number of aliphatic hydroxyl groups is 1. The molecular weight excluding hydrogens is 320 g/mol. The third-order valence-electron chi connectivity index (χ3n) is 4.57. The molecule has 6 nitrogen and oxygen atoms in total. The van der Waals surface area contributed by atoms with Crippen LogP contribution in [0.15, 0.2) is 54.6 Å². The lowest BCUT2D eigenvalue weighted by atomic mass is 9.79. The van der Waals surface area contributed by atoms with Crippen molar-refractivity contribution in [1.29, 1.82) is 0 Å². The summed E-state index contributed by atoms with van der Waals surface area (Å²) in [6, 6.07) is 15.0. The van der Waals surface area contributed by atoms with Crippen molar-refractivity contribution in [2.45, 2.75) is 12.5 Å². The number of nitrogens with zero attached hydrogens (tertiary/aromatic N) is 1. The molecule has 2 atom stereocenters. The number of nitrogens with two attached hydrogens (primary N) is 1. The van der Waals surface area contributed by atoms with Gasteiger partial charge in [-0.25, -0.2) is 0 Å². The molecule has 3 N–H and O–H groups in total. The predicted molar refractivity (Wildman–Crippen MR) is 91.8 cm³/mol. The van der Waals surface area contributed by atoms with Crippen LogP contribution in [0.4, 0.5) is 5.69 Å². The highest BCUT2D eigenvalue weighted by atomic mass is 16.3. The minimum absolute atomic E-state index is 0.304. The van der Waals surface area contributed by atoms with Gasteiger partial charge < -0.3 is 10.8 Å². The Hall–Kier alpha value is -2.99. The molecule has 0 aromatic heterocycles. The first kappa shape index (κ1) is 16.9. The van der Waals surface area contributed by atoms with Crippen LogP contribution in [-0.4, -0.2) is 29.2 Å². The fourth-order valence-electron chi connectivity index (χ4n) is 3.24. The first-order valence-electron chi connectivity index (χ1n) is 7.88. The molecule has 3 rings (SSSR count). The van der Waals surface area contributed by atoms with Crippen LogP contribution < -0.4 is 10.6 Å². The lowest BCUT2D eigenvalue weighted by Gasteiger charge is -2.28. The maximum atomic E-state index is 12.9. The summed E-state index contributed by atoms with van der Waals surface area (Å²) < 4.78 is 0. The van der Waals surface area contributed by atoms with Crippen LogP contribution in [0.1, 0.15) is 22.8 Å². The van der Waals surface area contributed by atoms with Gasteiger partial charge in [0.15, 0.2) is 11.4 Å². The number of benzene rings is 2. The van der Waals surface area contributed by atoms with Crippen molar-refractivity contribution in [2.75, 3.05) is 11.4 Å². The van der Waals surface area contributed by atoms with Gasteiger partial charge in [-0.3, -0.25) is 19.3 Å². The number of fused-ring (bicyclic) bond motifs is 1. The largest absolute Gasteiger partial charge is 0.375 e. The maximum absolute atomic E-state index is 12.9. The van der Waals surface area contributed by atoms with Crippen LogP contribution in [0, 0.1) is 5.92 Å². The SMILES string of the molecule is C[C@H](C(=O)c1ccccc1)[C@@]1(O)C(=O)N(CC(N)=O)c2ccccc21. The van der Waals surface area contributed by atoms with Crippen LogP contribution >= 0.6 is 0 Å². The fourth-order valence-corrected chi connectivity index (χ4v) is 3.24. The van der Waals surface area contributed by atoms with Gasteiger partial charge in [0.1, 0.15) is 6.54 Å². The third-order valence-corrected chi connectivity index (χ3v) is 4.57. The summed E-state index contributed by atoms with van der Waals surface area (Å²) in [5, 5.41) is 11.2. The average Bonchev–Trinajstić information content (AvgIpc) is 2.84. The van der Waals surface area contributed by atoms with E-state index in [0.29, 0.717) is 16.8 Å². The zero-order valence-electron chi connectivity index (χ0n) is 13.7. The Morgan fingerprint density at radius 2 is 1.72 bits per heavy atom. The minimum Gasteiger partial charge on any atom is -0.375 e. The van der Waals surface area contributed by atoms with E-state index in [4.69, 9.17) is 5.73 Å². The molecule has 128 valence electrons. The Morgan fingerprint density at radius 3 is 2.36 bits per heavy atom. The summed E-state index contributed by atoms with van der Waals surface area (Å²) in [5.74, 6) is -2.80. The molecule has 2 aromatic rings. The molecule has 0 saturated heterocycles. The lowest BCUT2D eigenvalue weighted by molar-refractivity contribution is -0.140. The first-order valence-corrected chi connectivity index (χ1v) is 7.88. The van der Waals surface area contributed by atoms with Gasteiger partial charge in [0.2, 0.25) is 5.91 Å². The van der Waals surface area contributed by atoms with Gasteiger partial charge in [0.05, 0.1) is 11.6 Å². The van der Waals surface area contributed by atoms with E-state index in [1.807, 2.05) is 0 Å². The predicted octanol–water partition coefficient (Wildman–Crippen LogP) is 1.23. The number of amides is 2. The van der Waals surface area contributed by atoms with Gasteiger partial charge in [0, 0.05) is 11.1 Å². The van der Waals surface area contributed by atoms with Crippen molar-refractivity contribution in [2.24, 2.45) is 11.7 Å². The van der Waals surface area contributed by atoms with Crippen molar-refractivity contribution < 1.29 is 19.5 Å². The summed E-state index contributed by atoms with van der Waals surface area (Å²) >= 11 is 0. The summed E-state index contributed by atoms with van der Waals surface area (Å²) in [4.78, 5) is 38.2. The van der Waals surface area contributed by atoms with E-state index in [1.165, 1.54) is 6.92 Å². The third kappa shape index (κ3) is 2.60. The number of primary amides is 1. The smallest absolute Gasteiger partial charge is 0.264 e. The van der Waals surface area contributed by atoms with E-state index in [9.17, 15) is 19.5 Å². The number of anilines is 1. The van der Waals surface area contributed by atoms with Gasteiger partial charge in [-0.05, 0) is 6.07 Å². The number of rotatable bonds is 5. The molecule has 0 saturated carbocycles. The number of ketones is 1. The molecule has 0 fully saturated rings. The highest BCUT2D eigenvalue weighted by molar-refractivity contribution is 6.13. The van der Waals surface area contributed by atoms with E-state index >= 15 is 0 Å². The Labute approximate surface area is 144 Å². The molecule has 0 unspecified atom stereocenters. The Kier molecular flexibility index (Phi) is 4.14. The number of para-hydroxylation sites is 1. The topological polar surface area (TPSA) is 101 Å². The second kappa shape index (κ2) is 6.14. The van der Waals surface area contributed by atoms with Gasteiger partial charge in [-0.2, -0.15) is 0 Å². The molecule has 6 heteroatoms. The molecule has 1 heterocycles. The van der Waals surface area contributed by atoms with E-state index in [1.54, 1.807) is 54.6 Å². The summed E-state index contributed by atoms with van der Waals surface area (Å²) in [6.45, 7) is 1.15. The van der Waals surface area contributed by atoms with E-state index in [2.05, 4.69) is 0 Å². The minimum atomic E-state index is -2.04. The lowest BCUT2D eigenvalue weighted by Crippen LogP contribution is -2.49. The van der Waals surface area contributed by atoms with Crippen LogP contribution in [0.5, 0.6) is 0 Å². The van der Waals surface area contributed by atoms with E-state index in [-0.39, 0.29) is 12.3 Å². The number of hydrogen-bond acceptors (Lipinski definition) is 4. The molecule has 1 aliphatic rings. The first-order chi connectivity index (χ1) is 11.9. The second-order valence-corrected chi connectivity index (χ2v) is 6.09. The van der Waals surface area contributed by atoms with Gasteiger partial charge in [0.25, 0.3) is 5.91 Å². The summed E-state index contributed by atoms with van der Waals surface area (Å²) in [6.07, 6.45) is 0. The number of Topliss-reactive ketones (excluding diaryl/α,β-unsaturated/α-hetero) is 1. The molecule has 2 amide bonds. The number of carbonyl (C=O) groups excluding carboxylic acids is 3. The van der Waals surface area contributed by atoms with Crippen LogP contribution in [-0.2, 0) is 15.2 Å². The highest BCUT2D eigenvalue weighted by Gasteiger charge is 2.55. The zero-order valence-corrected chi connectivity index (χ0v) is 13.7. The Bertz CT molecular complexity index is 850. The number of carbonyl (C=O) groups is 3. The van der Waals surface area contributed by atoms with Gasteiger partial charge in [-0.15, -0.1) is 0 Å². The molecule has 0 bridgehead atoms. The van der Waals surface area contributed by atoms with Crippen molar-refractivity contribution in [3.63, 3.8) is 0 Å². The Balaban J connectivity index is 2.06. The average molecular weight is 338 g/mol. The fraction of sp³-hybridized carbons (Fsp3) is 0.211. The molecule has 1 aliphatic heterocycles. The van der Waals surface area contributed by atoms with Crippen LogP contribution in [0.25, 0.3) is 0 Å². The van der Waals surface area contributed by atoms with Crippen molar-refractivity contribution in [1.82, 2.24) is 0 Å². The van der Waals surface area contributed by atoms with Crippen LogP contribution in [0.3, 0.4) is 0 Å². The number of hydrogen-bond donors (Lipinski definition) is 2. The molecule has 0 aliphatic carbocycles. The zero-order chi connectivity index (χ0) is 18.2. The quantitative estimate of drug-likeness (QED) is 0.801. The standard InChI is InChI=1S/C19H18N2O4/c1-12(17(23)13-7-3-2-4-8-13)19(25)14-9-5-6-10-15(14)21(18(19)24)11-16(20)22/h2-10,12,25H,11H2,1H3,(H2,20,22)/t12-,19+/m1/s1. The van der Waals surface area contributed by atoms with Crippen LogP contribution in [0.2, 0.25) is 0 Å². The maximum Gasteiger partial charge on any atom is 0.264 e. The summed E-state index contributed by atoms with van der Waals surface area (Å²) in [7, 11) is 0. The normalized spacial score (nSPS) is 20.2. The van der Waals surface area contributed by atoms with Crippen molar-refractivity contribution in [3.05, 3.63) is 65.7 Å². The molecule has 0 radical (unpaired) electrons. The Morgan fingerprint density at radius 1 is 1.12 bits per heavy atom. The molecule has 25 heavy (non-hydrogen) atoms. The summed E-state index contributed by atoms with van der Waals surface area (Å²) in [5.41, 5.74) is 4.28. The molecular formula is C19H18N2O4. The van der Waals surface area contributed by atoms with Gasteiger partial charge >= 0.3 is 0 Å². The highest BCUT2D eigenvalue weighted by Crippen LogP contribution is 2.45. The second-order valence-electron chi connectivity index (χ2n) is 6.09.